The number of halogens is 5. The molecule has 0 saturated heterocycles. The van der Waals surface area contributed by atoms with Crippen molar-refractivity contribution in [1.29, 1.82) is 0 Å². The van der Waals surface area contributed by atoms with Crippen molar-refractivity contribution in [2.45, 2.75) is 31.3 Å². The summed E-state index contributed by atoms with van der Waals surface area (Å²) < 4.78 is 61.9. The highest BCUT2D eigenvalue weighted by Gasteiger charge is 2.65. The zero-order valence-electron chi connectivity index (χ0n) is 9.39. The number of benzene rings is 1. The summed E-state index contributed by atoms with van der Waals surface area (Å²) in [4.78, 5) is -1.85. The van der Waals surface area contributed by atoms with Crippen molar-refractivity contribution in [3.05, 3.63) is 29.8 Å². The van der Waals surface area contributed by atoms with E-state index in [1.165, 1.54) is 0 Å². The molecule has 1 N–H and O–H groups in total. The van der Waals surface area contributed by atoms with Gasteiger partial charge in [-0.1, -0.05) is 45.4 Å². The molecule has 0 amide bonds. The Hall–Kier alpha value is -0.820. The summed E-state index contributed by atoms with van der Waals surface area (Å²) >= 11 is 0. The molecule has 0 fully saturated rings. The molecule has 1 aromatic rings. The van der Waals surface area contributed by atoms with Gasteiger partial charge < -0.3 is 5.32 Å². The predicted octanol–water partition coefficient (Wildman–Crippen LogP) is 4.84. The average Bonchev–Trinajstić information content (AvgIpc) is 2.12. The van der Waals surface area contributed by atoms with E-state index in [1.807, 2.05) is 13.8 Å². The molecule has 0 spiro atoms. The molecule has 0 aliphatic heterocycles. The minimum atomic E-state index is -9.52. The molecule has 0 aliphatic carbocycles. The summed E-state index contributed by atoms with van der Waals surface area (Å²) in [5, 5.41) is 2.98. The lowest BCUT2D eigenvalue weighted by atomic mass is 10.2. The maximum absolute atomic E-state index is 12.4. The zero-order chi connectivity index (χ0) is 13.4. The van der Waals surface area contributed by atoms with E-state index in [2.05, 4.69) is 5.32 Å². The Kier molecular flexibility index (Phi) is 3.00. The van der Waals surface area contributed by atoms with Crippen LogP contribution in [0.25, 0.3) is 0 Å². The predicted molar refractivity (Wildman–Crippen MR) is 59.8 cm³/mol. The van der Waals surface area contributed by atoms with Crippen LogP contribution in [0.1, 0.15) is 19.4 Å². The van der Waals surface area contributed by atoms with Gasteiger partial charge in [0.1, 0.15) is 4.90 Å². The second-order valence-electron chi connectivity index (χ2n) is 4.15. The molecule has 0 saturated carbocycles. The van der Waals surface area contributed by atoms with E-state index in [4.69, 9.17) is 0 Å². The lowest BCUT2D eigenvalue weighted by molar-refractivity contribution is 0.364. The largest absolute Gasteiger partial charge is 0.310 e. The number of rotatable bonds is 4. The van der Waals surface area contributed by atoms with Gasteiger partial charge in [0.25, 0.3) is 0 Å². The highest BCUT2D eigenvalue weighted by molar-refractivity contribution is 8.45. The molecule has 0 unspecified atom stereocenters. The summed E-state index contributed by atoms with van der Waals surface area (Å²) in [5.74, 6) is 0. The second kappa shape index (κ2) is 3.58. The standard InChI is InChI=1S/C10H14F5NS/c1-8(2)16-7-9-3-5-10(6-4-9)17(11,12,13,14)15/h3-6,8,16H,7H2,1-2H3. The minimum absolute atomic E-state index is 0.172. The van der Waals surface area contributed by atoms with E-state index in [-0.39, 0.29) is 6.04 Å². The number of hydrogen-bond donors (Lipinski definition) is 1. The third-order valence-electron chi connectivity index (χ3n) is 2.08. The molecular formula is C10H14F5NS. The molecule has 0 heterocycles. The van der Waals surface area contributed by atoms with Crippen LogP contribution >= 0.6 is 10.2 Å². The third kappa shape index (κ3) is 4.51. The molecule has 7 heteroatoms. The first-order chi connectivity index (χ1) is 7.38. The van der Waals surface area contributed by atoms with Gasteiger partial charge in [-0.05, 0) is 17.7 Å². The molecule has 0 radical (unpaired) electrons. The third-order valence-corrected chi connectivity index (χ3v) is 3.25. The molecule has 1 nitrogen and oxygen atoms in total. The van der Waals surface area contributed by atoms with Gasteiger partial charge in [-0.25, -0.2) is 0 Å². The molecule has 0 bridgehead atoms. The minimum Gasteiger partial charge on any atom is -0.310 e. The summed E-state index contributed by atoms with van der Waals surface area (Å²) in [7, 11) is -9.52. The summed E-state index contributed by atoms with van der Waals surface area (Å²) in [6.45, 7) is 4.10. The fourth-order valence-electron chi connectivity index (χ4n) is 1.19. The lowest BCUT2D eigenvalue weighted by Crippen LogP contribution is -2.21. The highest BCUT2D eigenvalue weighted by atomic mass is 32.5. The van der Waals surface area contributed by atoms with Crippen LogP contribution in [0.15, 0.2) is 29.2 Å². The quantitative estimate of drug-likeness (QED) is 0.775. The van der Waals surface area contributed by atoms with E-state index >= 15 is 0 Å². The van der Waals surface area contributed by atoms with Gasteiger partial charge in [0.2, 0.25) is 0 Å². The summed E-state index contributed by atoms with van der Waals surface area (Å²) in [5.41, 5.74) is 0.532. The smallest absolute Gasteiger partial charge is 0.310 e. The number of hydrogen-bond acceptors (Lipinski definition) is 1. The summed E-state index contributed by atoms with van der Waals surface area (Å²) in [6.07, 6.45) is 0. The Balaban J connectivity index is 2.91. The van der Waals surface area contributed by atoms with Gasteiger partial charge in [0, 0.05) is 12.6 Å². The van der Waals surface area contributed by atoms with Crippen molar-refractivity contribution in [1.82, 2.24) is 5.32 Å². The van der Waals surface area contributed by atoms with Crippen LogP contribution < -0.4 is 5.32 Å². The van der Waals surface area contributed by atoms with E-state index in [0.717, 1.165) is 12.1 Å². The average molecular weight is 275 g/mol. The van der Waals surface area contributed by atoms with E-state index < -0.39 is 15.1 Å². The zero-order valence-corrected chi connectivity index (χ0v) is 10.2. The van der Waals surface area contributed by atoms with E-state index in [1.54, 1.807) is 0 Å². The molecule has 0 aromatic heterocycles. The maximum atomic E-state index is 12.4. The monoisotopic (exact) mass is 275 g/mol. The molecule has 1 rings (SSSR count). The number of nitrogens with one attached hydrogen (secondary N) is 1. The fourth-order valence-corrected chi connectivity index (χ4v) is 1.84. The van der Waals surface area contributed by atoms with Crippen molar-refractivity contribution in [3.63, 3.8) is 0 Å². The second-order valence-corrected chi connectivity index (χ2v) is 6.56. The Morgan fingerprint density at radius 1 is 1.00 bits per heavy atom. The van der Waals surface area contributed by atoms with Gasteiger partial charge >= 0.3 is 10.2 Å². The highest BCUT2D eigenvalue weighted by Crippen LogP contribution is 3.02. The first-order valence-electron chi connectivity index (χ1n) is 4.95. The topological polar surface area (TPSA) is 12.0 Å². The van der Waals surface area contributed by atoms with Gasteiger partial charge in [-0.15, -0.1) is 0 Å². The van der Waals surface area contributed by atoms with Crippen molar-refractivity contribution < 1.29 is 19.4 Å². The first kappa shape index (κ1) is 14.2. The molecule has 17 heavy (non-hydrogen) atoms. The molecule has 1 aromatic carbocycles. The van der Waals surface area contributed by atoms with Crippen LogP contribution in [-0.4, -0.2) is 6.04 Å². The van der Waals surface area contributed by atoms with Gasteiger partial charge in [0.05, 0.1) is 0 Å². The van der Waals surface area contributed by atoms with Crippen molar-refractivity contribution >= 4 is 10.2 Å². The van der Waals surface area contributed by atoms with Gasteiger partial charge in [0.15, 0.2) is 0 Å². The first-order valence-corrected chi connectivity index (χ1v) is 6.90. The molecular weight excluding hydrogens is 261 g/mol. The Labute approximate surface area is 96.7 Å². The SMILES string of the molecule is CC(C)NCc1ccc(S(F)(F)(F)(F)F)cc1. The van der Waals surface area contributed by atoms with Crippen LogP contribution in [0.5, 0.6) is 0 Å². The van der Waals surface area contributed by atoms with Crippen LogP contribution in [0.3, 0.4) is 0 Å². The van der Waals surface area contributed by atoms with Gasteiger partial charge in [-0.2, -0.15) is 0 Å². The fraction of sp³-hybridized carbons (Fsp3) is 0.400. The normalized spacial score (nSPS) is 16.7. The van der Waals surface area contributed by atoms with E-state index in [9.17, 15) is 19.4 Å². The van der Waals surface area contributed by atoms with Crippen LogP contribution in [0.4, 0.5) is 19.4 Å². The van der Waals surface area contributed by atoms with Crippen molar-refractivity contribution in [2.24, 2.45) is 0 Å². The van der Waals surface area contributed by atoms with E-state index in [0.29, 0.717) is 24.2 Å². The molecule has 0 atom stereocenters. The van der Waals surface area contributed by atoms with Crippen LogP contribution in [0.2, 0.25) is 0 Å². The lowest BCUT2D eigenvalue weighted by Gasteiger charge is -2.40. The molecule has 0 aliphatic rings. The van der Waals surface area contributed by atoms with Crippen LogP contribution in [-0.2, 0) is 6.54 Å². The Morgan fingerprint density at radius 3 is 1.82 bits per heavy atom. The van der Waals surface area contributed by atoms with Crippen molar-refractivity contribution in [2.75, 3.05) is 0 Å². The molecule has 100 valence electrons. The summed E-state index contributed by atoms with van der Waals surface area (Å²) in [6, 6.07) is 3.15. The van der Waals surface area contributed by atoms with Crippen molar-refractivity contribution in [3.8, 4) is 0 Å². The Morgan fingerprint density at radius 2 is 1.47 bits per heavy atom. The van der Waals surface area contributed by atoms with Gasteiger partial charge in [-0.3, -0.25) is 0 Å². The van der Waals surface area contributed by atoms with Crippen LogP contribution in [0, 0.1) is 0 Å². The Bertz CT molecular complexity index is 394. The maximum Gasteiger partial charge on any atom is 0.310 e.